The predicted molar refractivity (Wildman–Crippen MR) is 92.6 cm³/mol. The minimum atomic E-state index is 0.176. The minimum absolute atomic E-state index is 0.176. The first-order chi connectivity index (χ1) is 10.5. The van der Waals surface area contributed by atoms with Crippen LogP contribution in [0, 0.1) is 0 Å². The van der Waals surface area contributed by atoms with Crippen molar-refractivity contribution in [3.05, 3.63) is 24.3 Å². The van der Waals surface area contributed by atoms with E-state index < -0.39 is 0 Å². The average Bonchev–Trinajstić information content (AvgIpc) is 3.30. The lowest BCUT2D eigenvalue weighted by atomic mass is 10.3. The smallest absolute Gasteiger partial charge is 0.193 e. The Bertz CT molecular complexity index is 494. The monoisotopic (exact) mass is 304 g/mol. The summed E-state index contributed by atoms with van der Waals surface area (Å²) in [6.45, 7) is 6.92. The summed E-state index contributed by atoms with van der Waals surface area (Å²) >= 11 is 0. The van der Waals surface area contributed by atoms with Crippen molar-refractivity contribution in [1.29, 1.82) is 0 Å². The van der Waals surface area contributed by atoms with Crippen LogP contribution in [-0.4, -0.2) is 42.6 Å². The van der Waals surface area contributed by atoms with Crippen molar-refractivity contribution in [3.8, 4) is 5.75 Å². The summed E-state index contributed by atoms with van der Waals surface area (Å²) in [5, 5.41) is 3.12. The Balaban J connectivity index is 1.82. The van der Waals surface area contributed by atoms with E-state index in [9.17, 15) is 0 Å². The summed E-state index contributed by atoms with van der Waals surface area (Å²) in [5.41, 5.74) is 6.87. The van der Waals surface area contributed by atoms with Gasteiger partial charge in [0, 0.05) is 17.8 Å². The largest absolute Gasteiger partial charge is 0.491 e. The molecule has 1 aliphatic rings. The third-order valence-electron chi connectivity index (χ3n) is 3.84. The molecule has 1 saturated carbocycles. The van der Waals surface area contributed by atoms with Gasteiger partial charge in [-0.05, 0) is 64.9 Å². The molecule has 3 N–H and O–H groups in total. The van der Waals surface area contributed by atoms with Crippen molar-refractivity contribution < 1.29 is 4.74 Å². The highest BCUT2D eigenvalue weighted by atomic mass is 16.5. The lowest BCUT2D eigenvalue weighted by Crippen LogP contribution is -2.34. The maximum atomic E-state index is 5.95. The van der Waals surface area contributed by atoms with Crippen LogP contribution in [0.5, 0.6) is 5.75 Å². The van der Waals surface area contributed by atoms with E-state index in [1.807, 2.05) is 38.1 Å². The molecule has 0 amide bonds. The minimum Gasteiger partial charge on any atom is -0.491 e. The zero-order chi connectivity index (χ0) is 16.1. The van der Waals surface area contributed by atoms with Crippen molar-refractivity contribution in [2.75, 3.05) is 18.9 Å². The number of likely N-dealkylation sites (N-methyl/N-ethyl adjacent to an activating group) is 1. The molecule has 1 atom stereocenters. The molecule has 122 valence electrons. The van der Waals surface area contributed by atoms with Crippen molar-refractivity contribution in [2.45, 2.75) is 51.8 Å². The number of nitrogens with two attached hydrogens (primary N) is 1. The SMILES string of the molecule is CC(C)Oc1ccc(NC(N)=NCC(C)N(C)C2CC2)cc1. The molecule has 0 radical (unpaired) electrons. The van der Waals surface area contributed by atoms with E-state index >= 15 is 0 Å². The van der Waals surface area contributed by atoms with Crippen molar-refractivity contribution in [2.24, 2.45) is 10.7 Å². The third kappa shape index (κ3) is 5.22. The van der Waals surface area contributed by atoms with Gasteiger partial charge in [-0.1, -0.05) is 0 Å². The summed E-state index contributed by atoms with van der Waals surface area (Å²) in [6.07, 6.45) is 2.79. The van der Waals surface area contributed by atoms with Gasteiger partial charge in [0.2, 0.25) is 0 Å². The molecule has 1 aromatic rings. The second kappa shape index (κ2) is 7.49. The van der Waals surface area contributed by atoms with Gasteiger partial charge in [0.1, 0.15) is 5.75 Å². The van der Waals surface area contributed by atoms with E-state index in [0.717, 1.165) is 17.5 Å². The van der Waals surface area contributed by atoms with Crippen LogP contribution in [0.1, 0.15) is 33.6 Å². The zero-order valence-electron chi connectivity index (χ0n) is 14.0. The van der Waals surface area contributed by atoms with Gasteiger partial charge in [-0.3, -0.25) is 9.89 Å². The number of aliphatic imine (C=N–C) groups is 1. The summed E-state index contributed by atoms with van der Waals surface area (Å²) in [5.74, 6) is 1.31. The van der Waals surface area contributed by atoms with Gasteiger partial charge in [-0.15, -0.1) is 0 Å². The van der Waals surface area contributed by atoms with Gasteiger partial charge >= 0.3 is 0 Å². The third-order valence-corrected chi connectivity index (χ3v) is 3.84. The number of hydrogen-bond donors (Lipinski definition) is 2. The van der Waals surface area contributed by atoms with E-state index in [2.05, 4.69) is 29.2 Å². The summed E-state index contributed by atoms with van der Waals surface area (Å²) < 4.78 is 5.61. The van der Waals surface area contributed by atoms with Gasteiger partial charge < -0.3 is 15.8 Å². The van der Waals surface area contributed by atoms with E-state index in [-0.39, 0.29) is 6.10 Å². The molecule has 1 aromatic carbocycles. The number of guanidine groups is 1. The first-order valence-electron chi connectivity index (χ1n) is 8.01. The molecule has 2 rings (SSSR count). The van der Waals surface area contributed by atoms with E-state index in [0.29, 0.717) is 18.5 Å². The zero-order valence-corrected chi connectivity index (χ0v) is 14.0. The number of rotatable bonds is 7. The Morgan fingerprint density at radius 2 is 1.95 bits per heavy atom. The van der Waals surface area contributed by atoms with Gasteiger partial charge in [0.15, 0.2) is 5.96 Å². The fraction of sp³-hybridized carbons (Fsp3) is 0.588. The Kier molecular flexibility index (Phi) is 5.66. The highest BCUT2D eigenvalue weighted by Crippen LogP contribution is 2.26. The van der Waals surface area contributed by atoms with E-state index in [1.54, 1.807) is 0 Å². The lowest BCUT2D eigenvalue weighted by molar-refractivity contribution is 0.242. The summed E-state index contributed by atoms with van der Waals surface area (Å²) in [6, 6.07) is 8.90. The Morgan fingerprint density at radius 3 is 2.50 bits per heavy atom. The molecule has 1 aliphatic carbocycles. The topological polar surface area (TPSA) is 62.9 Å². The molecule has 0 aliphatic heterocycles. The van der Waals surface area contributed by atoms with Gasteiger partial charge in [-0.25, -0.2) is 0 Å². The quantitative estimate of drug-likeness (QED) is 0.600. The molecule has 0 aromatic heterocycles. The molecular weight excluding hydrogens is 276 g/mol. The molecule has 5 nitrogen and oxygen atoms in total. The Hall–Kier alpha value is -1.75. The fourth-order valence-corrected chi connectivity index (χ4v) is 2.28. The van der Waals surface area contributed by atoms with Crippen LogP contribution in [0.3, 0.4) is 0 Å². The summed E-state index contributed by atoms with van der Waals surface area (Å²) in [7, 11) is 2.16. The average molecular weight is 304 g/mol. The number of nitrogens with zero attached hydrogens (tertiary/aromatic N) is 2. The normalized spacial score (nSPS) is 16.9. The number of anilines is 1. The lowest BCUT2D eigenvalue weighted by Gasteiger charge is -2.22. The number of benzene rings is 1. The molecule has 0 saturated heterocycles. The standard InChI is InChI=1S/C17H28N4O/c1-12(2)22-16-9-5-14(6-10-16)20-17(18)19-11-13(3)21(4)15-7-8-15/h5-6,9-10,12-13,15H,7-8,11H2,1-4H3,(H3,18,19,20). The molecule has 5 heteroatoms. The second-order valence-electron chi connectivity index (χ2n) is 6.29. The van der Waals surface area contributed by atoms with Crippen LogP contribution < -0.4 is 15.8 Å². The molecule has 1 fully saturated rings. The second-order valence-corrected chi connectivity index (χ2v) is 6.29. The van der Waals surface area contributed by atoms with E-state index in [4.69, 9.17) is 10.5 Å². The van der Waals surface area contributed by atoms with Crippen LogP contribution in [0.2, 0.25) is 0 Å². The van der Waals surface area contributed by atoms with Crippen LogP contribution in [0.15, 0.2) is 29.3 Å². The maximum Gasteiger partial charge on any atom is 0.193 e. The first-order valence-corrected chi connectivity index (χ1v) is 8.01. The molecule has 0 heterocycles. The van der Waals surface area contributed by atoms with Crippen LogP contribution >= 0.6 is 0 Å². The van der Waals surface area contributed by atoms with Crippen LogP contribution in [0.25, 0.3) is 0 Å². The van der Waals surface area contributed by atoms with E-state index in [1.165, 1.54) is 12.8 Å². The Morgan fingerprint density at radius 1 is 1.32 bits per heavy atom. The van der Waals surface area contributed by atoms with Gasteiger partial charge in [0.25, 0.3) is 0 Å². The van der Waals surface area contributed by atoms with Gasteiger partial charge in [0.05, 0.1) is 12.6 Å². The predicted octanol–water partition coefficient (Wildman–Crippen LogP) is 2.68. The highest BCUT2D eigenvalue weighted by Gasteiger charge is 2.28. The fourth-order valence-electron chi connectivity index (χ4n) is 2.28. The number of ether oxygens (including phenoxy) is 1. The number of nitrogens with one attached hydrogen (secondary N) is 1. The molecule has 22 heavy (non-hydrogen) atoms. The Labute approximate surface area is 133 Å². The van der Waals surface area contributed by atoms with Crippen molar-refractivity contribution >= 4 is 11.6 Å². The molecule has 0 bridgehead atoms. The maximum absolute atomic E-state index is 5.95. The van der Waals surface area contributed by atoms with Gasteiger partial charge in [-0.2, -0.15) is 0 Å². The van der Waals surface area contributed by atoms with Crippen LogP contribution in [-0.2, 0) is 0 Å². The molecular formula is C17H28N4O. The number of hydrogen-bond acceptors (Lipinski definition) is 3. The van der Waals surface area contributed by atoms with Crippen molar-refractivity contribution in [1.82, 2.24) is 4.90 Å². The summed E-state index contributed by atoms with van der Waals surface area (Å²) in [4.78, 5) is 6.82. The van der Waals surface area contributed by atoms with Crippen LogP contribution in [0.4, 0.5) is 5.69 Å². The molecule has 0 spiro atoms. The molecule has 1 unspecified atom stereocenters. The van der Waals surface area contributed by atoms with Crippen molar-refractivity contribution in [3.63, 3.8) is 0 Å². The first kappa shape index (κ1) is 16.6. The highest BCUT2D eigenvalue weighted by molar-refractivity contribution is 5.92.